The van der Waals surface area contributed by atoms with Crippen LogP contribution in [0.5, 0.6) is 0 Å². The SMILES string of the molecule is CS(=O)(=O)NC1CCN(Cc2coc(-c3ccc(Cl)cc3)n2)CC1. The van der Waals surface area contributed by atoms with E-state index in [4.69, 9.17) is 16.0 Å². The van der Waals surface area contributed by atoms with Crippen LogP contribution in [0.4, 0.5) is 0 Å². The highest BCUT2D eigenvalue weighted by molar-refractivity contribution is 7.88. The molecule has 1 aromatic heterocycles. The molecule has 1 fully saturated rings. The van der Waals surface area contributed by atoms with Gasteiger partial charge in [0, 0.05) is 36.3 Å². The topological polar surface area (TPSA) is 75.4 Å². The molecule has 1 aliphatic rings. The van der Waals surface area contributed by atoms with Crippen molar-refractivity contribution in [1.29, 1.82) is 0 Å². The Morgan fingerprint density at radius 1 is 1.29 bits per heavy atom. The molecule has 1 saturated heterocycles. The highest BCUT2D eigenvalue weighted by Gasteiger charge is 2.22. The van der Waals surface area contributed by atoms with Crippen LogP contribution in [0.2, 0.25) is 5.02 Å². The van der Waals surface area contributed by atoms with Gasteiger partial charge in [0.15, 0.2) is 0 Å². The first-order valence-electron chi connectivity index (χ1n) is 7.79. The first-order chi connectivity index (χ1) is 11.4. The van der Waals surface area contributed by atoms with E-state index >= 15 is 0 Å². The van der Waals surface area contributed by atoms with Gasteiger partial charge in [-0.15, -0.1) is 0 Å². The third kappa shape index (κ3) is 4.80. The maximum Gasteiger partial charge on any atom is 0.226 e. The summed E-state index contributed by atoms with van der Waals surface area (Å²) in [6.07, 6.45) is 4.47. The molecule has 2 heterocycles. The Bertz CT molecular complexity index is 781. The maximum absolute atomic E-state index is 11.3. The lowest BCUT2D eigenvalue weighted by molar-refractivity contribution is 0.198. The van der Waals surface area contributed by atoms with Gasteiger partial charge in [-0.2, -0.15) is 0 Å². The Labute approximate surface area is 146 Å². The molecule has 0 saturated carbocycles. The lowest BCUT2D eigenvalue weighted by Crippen LogP contribution is -2.43. The van der Waals surface area contributed by atoms with Gasteiger partial charge in [-0.3, -0.25) is 4.90 Å². The minimum atomic E-state index is -3.14. The van der Waals surface area contributed by atoms with Crippen molar-refractivity contribution < 1.29 is 12.8 Å². The van der Waals surface area contributed by atoms with E-state index < -0.39 is 10.0 Å². The van der Waals surface area contributed by atoms with Crippen LogP contribution in [-0.4, -0.2) is 43.7 Å². The van der Waals surface area contributed by atoms with E-state index in [1.807, 2.05) is 12.1 Å². The van der Waals surface area contributed by atoms with Crippen molar-refractivity contribution >= 4 is 21.6 Å². The lowest BCUT2D eigenvalue weighted by Gasteiger charge is -2.31. The zero-order valence-corrected chi connectivity index (χ0v) is 15.0. The van der Waals surface area contributed by atoms with Gasteiger partial charge in [0.25, 0.3) is 0 Å². The smallest absolute Gasteiger partial charge is 0.226 e. The van der Waals surface area contributed by atoms with E-state index in [-0.39, 0.29) is 6.04 Å². The summed E-state index contributed by atoms with van der Waals surface area (Å²) < 4.78 is 30.8. The van der Waals surface area contributed by atoms with Gasteiger partial charge >= 0.3 is 0 Å². The van der Waals surface area contributed by atoms with Crippen LogP contribution in [0.3, 0.4) is 0 Å². The Hall–Kier alpha value is -1.41. The Kier molecular flexibility index (Phi) is 5.24. The van der Waals surface area contributed by atoms with Crippen LogP contribution < -0.4 is 4.72 Å². The van der Waals surface area contributed by atoms with Gasteiger partial charge in [-0.25, -0.2) is 18.1 Å². The molecule has 0 bridgehead atoms. The van der Waals surface area contributed by atoms with Crippen molar-refractivity contribution in [3.05, 3.63) is 41.2 Å². The van der Waals surface area contributed by atoms with Crippen LogP contribution in [-0.2, 0) is 16.6 Å². The molecular formula is C16H20ClN3O3S. The summed E-state index contributed by atoms with van der Waals surface area (Å²) in [5, 5.41) is 0.677. The highest BCUT2D eigenvalue weighted by atomic mass is 35.5. The van der Waals surface area contributed by atoms with Gasteiger partial charge in [0.05, 0.1) is 11.9 Å². The number of rotatable bonds is 5. The van der Waals surface area contributed by atoms with Crippen molar-refractivity contribution in [2.24, 2.45) is 0 Å². The van der Waals surface area contributed by atoms with Crippen LogP contribution in [0, 0.1) is 0 Å². The number of hydrogen-bond donors (Lipinski definition) is 1. The second kappa shape index (κ2) is 7.23. The average Bonchev–Trinajstić information content (AvgIpc) is 2.97. The van der Waals surface area contributed by atoms with Crippen molar-refractivity contribution in [2.75, 3.05) is 19.3 Å². The fourth-order valence-corrected chi connectivity index (χ4v) is 3.81. The fourth-order valence-electron chi connectivity index (χ4n) is 2.85. The van der Waals surface area contributed by atoms with Crippen molar-refractivity contribution in [2.45, 2.75) is 25.4 Å². The summed E-state index contributed by atoms with van der Waals surface area (Å²) in [4.78, 5) is 6.77. The van der Waals surface area contributed by atoms with E-state index in [0.717, 1.165) is 37.2 Å². The summed E-state index contributed by atoms with van der Waals surface area (Å²) in [6.45, 7) is 2.36. The minimum Gasteiger partial charge on any atom is -0.444 e. The fraction of sp³-hybridized carbons (Fsp3) is 0.438. The molecular weight excluding hydrogens is 350 g/mol. The molecule has 3 rings (SSSR count). The molecule has 6 nitrogen and oxygen atoms in total. The minimum absolute atomic E-state index is 0.0261. The number of sulfonamides is 1. The number of benzene rings is 1. The molecule has 1 aliphatic heterocycles. The molecule has 0 amide bonds. The molecule has 0 radical (unpaired) electrons. The number of hydrogen-bond acceptors (Lipinski definition) is 5. The summed E-state index contributed by atoms with van der Waals surface area (Å²) in [5.41, 5.74) is 1.76. The van der Waals surface area contributed by atoms with Crippen molar-refractivity contribution in [3.8, 4) is 11.5 Å². The third-order valence-electron chi connectivity index (χ3n) is 4.00. The van der Waals surface area contributed by atoms with Gasteiger partial charge in [-0.05, 0) is 37.1 Å². The normalized spacial score (nSPS) is 17.2. The predicted molar refractivity (Wildman–Crippen MR) is 93.2 cm³/mol. The molecule has 0 spiro atoms. The molecule has 130 valence electrons. The zero-order valence-electron chi connectivity index (χ0n) is 13.4. The second-order valence-corrected chi connectivity index (χ2v) is 8.31. The summed E-state index contributed by atoms with van der Waals surface area (Å²) >= 11 is 5.88. The van der Waals surface area contributed by atoms with Crippen molar-refractivity contribution in [1.82, 2.24) is 14.6 Å². The molecule has 1 aromatic carbocycles. The van der Waals surface area contributed by atoms with Crippen molar-refractivity contribution in [3.63, 3.8) is 0 Å². The van der Waals surface area contributed by atoms with E-state index in [2.05, 4.69) is 14.6 Å². The van der Waals surface area contributed by atoms with E-state index in [1.165, 1.54) is 6.26 Å². The van der Waals surface area contributed by atoms with E-state index in [1.54, 1.807) is 18.4 Å². The number of aromatic nitrogens is 1. The first-order valence-corrected chi connectivity index (χ1v) is 10.1. The quantitative estimate of drug-likeness (QED) is 0.876. The largest absolute Gasteiger partial charge is 0.444 e. The number of oxazole rings is 1. The third-order valence-corrected chi connectivity index (χ3v) is 5.01. The Balaban J connectivity index is 1.55. The molecule has 0 atom stereocenters. The van der Waals surface area contributed by atoms with Gasteiger partial charge in [0.1, 0.15) is 6.26 Å². The molecule has 24 heavy (non-hydrogen) atoms. The predicted octanol–water partition coefficient (Wildman–Crippen LogP) is 2.51. The van der Waals surface area contributed by atoms with Crippen LogP contribution in [0.25, 0.3) is 11.5 Å². The van der Waals surface area contributed by atoms with Gasteiger partial charge < -0.3 is 4.42 Å². The highest BCUT2D eigenvalue weighted by Crippen LogP contribution is 2.22. The van der Waals surface area contributed by atoms with Crippen LogP contribution >= 0.6 is 11.6 Å². The van der Waals surface area contributed by atoms with Gasteiger partial charge in [0.2, 0.25) is 15.9 Å². The van der Waals surface area contributed by atoms with Crippen LogP contribution in [0.15, 0.2) is 34.9 Å². The summed E-state index contributed by atoms with van der Waals surface area (Å²) in [5.74, 6) is 0.579. The molecule has 8 heteroatoms. The first kappa shape index (κ1) is 17.4. The number of piperidine rings is 1. The summed E-state index contributed by atoms with van der Waals surface area (Å²) in [6, 6.07) is 7.39. The number of likely N-dealkylation sites (tertiary alicyclic amines) is 1. The van der Waals surface area contributed by atoms with E-state index in [9.17, 15) is 8.42 Å². The zero-order chi connectivity index (χ0) is 17.2. The molecule has 0 unspecified atom stereocenters. The lowest BCUT2D eigenvalue weighted by atomic mass is 10.1. The molecule has 1 N–H and O–H groups in total. The average molecular weight is 370 g/mol. The van der Waals surface area contributed by atoms with E-state index in [0.29, 0.717) is 17.5 Å². The standard InChI is InChI=1S/C16H20ClN3O3S/c1-24(21,22)19-14-6-8-20(9-7-14)10-15-11-23-16(18-15)12-2-4-13(17)5-3-12/h2-5,11,14,19H,6-10H2,1H3. The molecule has 2 aromatic rings. The second-order valence-electron chi connectivity index (χ2n) is 6.09. The number of nitrogens with zero attached hydrogens (tertiary/aromatic N) is 2. The monoisotopic (exact) mass is 369 g/mol. The van der Waals surface area contributed by atoms with Crippen LogP contribution in [0.1, 0.15) is 18.5 Å². The number of halogens is 1. The summed E-state index contributed by atoms with van der Waals surface area (Å²) in [7, 11) is -3.14. The van der Waals surface area contributed by atoms with Gasteiger partial charge in [-0.1, -0.05) is 11.6 Å². The molecule has 0 aliphatic carbocycles. The number of nitrogens with one attached hydrogen (secondary N) is 1. The maximum atomic E-state index is 11.3. The Morgan fingerprint density at radius 2 is 1.96 bits per heavy atom. The Morgan fingerprint density at radius 3 is 2.58 bits per heavy atom.